The first-order valence-electron chi connectivity index (χ1n) is 9.09. The van der Waals surface area contributed by atoms with Crippen LogP contribution >= 0.6 is 34.5 Å². The van der Waals surface area contributed by atoms with Crippen LogP contribution in [-0.4, -0.2) is 17.5 Å². The van der Waals surface area contributed by atoms with E-state index in [-0.39, 0.29) is 5.91 Å². The molecule has 2 aromatic carbocycles. The van der Waals surface area contributed by atoms with E-state index < -0.39 is 0 Å². The number of rotatable bonds is 6. The van der Waals surface area contributed by atoms with Gasteiger partial charge in [0, 0.05) is 21.7 Å². The first kappa shape index (κ1) is 20.5. The van der Waals surface area contributed by atoms with Crippen LogP contribution in [0.1, 0.15) is 12.7 Å². The molecule has 8 heteroatoms. The van der Waals surface area contributed by atoms with Gasteiger partial charge in [0.2, 0.25) is 5.91 Å². The molecular weight excluding hydrogens is 443 g/mol. The van der Waals surface area contributed by atoms with Gasteiger partial charge in [-0.25, -0.2) is 4.98 Å². The normalized spacial score (nSPS) is 11.3. The van der Waals surface area contributed by atoms with Gasteiger partial charge in [-0.15, -0.1) is 0 Å². The molecule has 0 saturated heterocycles. The Bertz CT molecular complexity index is 1230. The van der Waals surface area contributed by atoms with Crippen molar-refractivity contribution in [2.45, 2.75) is 6.92 Å². The Morgan fingerprint density at radius 1 is 1.17 bits per heavy atom. The van der Waals surface area contributed by atoms with E-state index in [4.69, 9.17) is 32.4 Å². The average Bonchev–Trinajstić information content (AvgIpc) is 3.32. The molecule has 30 heavy (non-hydrogen) atoms. The van der Waals surface area contributed by atoms with Gasteiger partial charge >= 0.3 is 0 Å². The van der Waals surface area contributed by atoms with Crippen LogP contribution in [-0.2, 0) is 4.79 Å². The van der Waals surface area contributed by atoms with Crippen LogP contribution in [0.2, 0.25) is 10.0 Å². The third-order valence-corrected chi connectivity index (χ3v) is 5.44. The van der Waals surface area contributed by atoms with Crippen molar-refractivity contribution < 1.29 is 13.9 Å². The fraction of sp³-hybridized carbons (Fsp3) is 0.0909. The number of anilines is 1. The fourth-order valence-corrected chi connectivity index (χ4v) is 4.24. The second-order valence-corrected chi connectivity index (χ2v) is 8.17. The van der Waals surface area contributed by atoms with Crippen LogP contribution in [0.3, 0.4) is 0 Å². The number of nitrogens with one attached hydrogen (secondary N) is 1. The molecule has 0 unspecified atom stereocenters. The van der Waals surface area contributed by atoms with Crippen LogP contribution in [0.15, 0.2) is 59.0 Å². The van der Waals surface area contributed by atoms with E-state index in [1.807, 2.05) is 25.1 Å². The molecule has 0 aliphatic rings. The molecule has 0 fully saturated rings. The smallest absolute Gasteiger partial charge is 0.250 e. The van der Waals surface area contributed by atoms with E-state index in [9.17, 15) is 4.79 Å². The summed E-state index contributed by atoms with van der Waals surface area (Å²) >= 11 is 13.5. The number of ether oxygens (including phenoxy) is 1. The summed E-state index contributed by atoms with van der Waals surface area (Å²) in [5, 5.41) is 4.33. The number of halogens is 2. The Hall–Kier alpha value is -2.80. The van der Waals surface area contributed by atoms with Crippen LogP contribution in [0.5, 0.6) is 5.75 Å². The average molecular weight is 459 g/mol. The van der Waals surface area contributed by atoms with Gasteiger partial charge in [-0.05, 0) is 61.5 Å². The molecular formula is C22H16Cl2N2O3S. The lowest BCUT2D eigenvalue weighted by Gasteiger charge is -2.00. The summed E-state index contributed by atoms with van der Waals surface area (Å²) in [6.45, 7) is 2.53. The fourth-order valence-electron chi connectivity index (χ4n) is 2.81. The van der Waals surface area contributed by atoms with Gasteiger partial charge in [-0.1, -0.05) is 34.5 Å². The topological polar surface area (TPSA) is 64.4 Å². The predicted octanol–water partition coefficient (Wildman–Crippen LogP) is 6.91. The van der Waals surface area contributed by atoms with Crippen LogP contribution in [0, 0.1) is 0 Å². The lowest BCUT2D eigenvalue weighted by molar-refractivity contribution is -0.111. The molecule has 2 aromatic heterocycles. The van der Waals surface area contributed by atoms with E-state index in [0.29, 0.717) is 33.3 Å². The number of aromatic nitrogens is 1. The minimum atomic E-state index is -0.303. The van der Waals surface area contributed by atoms with E-state index in [2.05, 4.69) is 10.3 Å². The van der Waals surface area contributed by atoms with E-state index in [1.165, 1.54) is 17.4 Å². The number of amides is 1. The highest BCUT2D eigenvalue weighted by atomic mass is 35.5. The molecule has 0 radical (unpaired) electrons. The largest absolute Gasteiger partial charge is 0.494 e. The van der Waals surface area contributed by atoms with Crippen molar-refractivity contribution in [2.24, 2.45) is 0 Å². The molecule has 5 nitrogen and oxygen atoms in total. The summed E-state index contributed by atoms with van der Waals surface area (Å²) < 4.78 is 12.2. The van der Waals surface area contributed by atoms with Gasteiger partial charge in [0.25, 0.3) is 0 Å². The molecule has 0 spiro atoms. The minimum Gasteiger partial charge on any atom is -0.494 e. The highest BCUT2D eigenvalue weighted by molar-refractivity contribution is 7.22. The van der Waals surface area contributed by atoms with Gasteiger partial charge in [0.05, 0.1) is 16.8 Å². The maximum absolute atomic E-state index is 12.3. The Morgan fingerprint density at radius 2 is 1.97 bits per heavy atom. The Labute approximate surface area is 186 Å². The Balaban J connectivity index is 1.44. The molecule has 0 saturated carbocycles. The summed E-state index contributed by atoms with van der Waals surface area (Å²) in [5.74, 6) is 1.61. The number of carbonyl (C=O) groups excluding carboxylic acids is 1. The molecule has 2 heterocycles. The summed E-state index contributed by atoms with van der Waals surface area (Å²) in [5.41, 5.74) is 1.57. The maximum Gasteiger partial charge on any atom is 0.250 e. The first-order chi connectivity index (χ1) is 14.5. The van der Waals surface area contributed by atoms with Crippen molar-refractivity contribution in [2.75, 3.05) is 11.9 Å². The summed E-state index contributed by atoms with van der Waals surface area (Å²) in [7, 11) is 0. The highest BCUT2D eigenvalue weighted by Crippen LogP contribution is 2.30. The molecule has 1 N–H and O–H groups in total. The summed E-state index contributed by atoms with van der Waals surface area (Å²) in [6, 6.07) is 14.4. The van der Waals surface area contributed by atoms with E-state index >= 15 is 0 Å². The van der Waals surface area contributed by atoms with E-state index in [1.54, 1.807) is 36.4 Å². The molecule has 0 aliphatic carbocycles. The van der Waals surface area contributed by atoms with Crippen LogP contribution in [0.25, 0.3) is 27.6 Å². The van der Waals surface area contributed by atoms with Crippen molar-refractivity contribution in [1.29, 1.82) is 0 Å². The summed E-state index contributed by atoms with van der Waals surface area (Å²) in [4.78, 5) is 16.7. The van der Waals surface area contributed by atoms with Gasteiger partial charge in [0.15, 0.2) is 5.13 Å². The number of thiazole rings is 1. The third kappa shape index (κ3) is 4.84. The Morgan fingerprint density at radius 3 is 2.73 bits per heavy atom. The Kier molecular flexibility index (Phi) is 6.08. The third-order valence-electron chi connectivity index (χ3n) is 4.07. The second-order valence-electron chi connectivity index (χ2n) is 6.26. The molecule has 4 rings (SSSR count). The molecule has 1 amide bonds. The van der Waals surface area contributed by atoms with Crippen LogP contribution < -0.4 is 10.1 Å². The highest BCUT2D eigenvalue weighted by Gasteiger charge is 2.09. The number of hydrogen-bond donors (Lipinski definition) is 1. The first-order valence-corrected chi connectivity index (χ1v) is 10.7. The molecule has 4 aromatic rings. The maximum atomic E-state index is 12.3. The zero-order chi connectivity index (χ0) is 21.1. The SMILES string of the molecule is CCOc1ccc2nc(NC(=O)/C=C/c3ccc(-c4cc(Cl)cc(Cl)c4)o3)sc2c1. The zero-order valence-corrected chi connectivity index (χ0v) is 18.1. The van der Waals surface area contributed by atoms with Gasteiger partial charge in [-0.2, -0.15) is 0 Å². The van der Waals surface area contributed by atoms with Crippen molar-refractivity contribution in [3.8, 4) is 17.1 Å². The van der Waals surface area contributed by atoms with E-state index in [0.717, 1.165) is 21.5 Å². The second kappa shape index (κ2) is 8.92. The van der Waals surface area contributed by atoms with Gasteiger partial charge in [0.1, 0.15) is 17.3 Å². The number of hydrogen-bond acceptors (Lipinski definition) is 5. The lowest BCUT2D eigenvalue weighted by Crippen LogP contribution is -2.07. The van der Waals surface area contributed by atoms with Crippen molar-refractivity contribution in [3.05, 3.63) is 70.4 Å². The number of carbonyl (C=O) groups is 1. The van der Waals surface area contributed by atoms with Crippen molar-refractivity contribution >= 4 is 61.9 Å². The van der Waals surface area contributed by atoms with Gasteiger partial charge in [-0.3, -0.25) is 10.1 Å². The molecule has 0 bridgehead atoms. The molecule has 0 aliphatic heterocycles. The van der Waals surface area contributed by atoms with Gasteiger partial charge < -0.3 is 9.15 Å². The minimum absolute atomic E-state index is 0.303. The van der Waals surface area contributed by atoms with Crippen molar-refractivity contribution in [1.82, 2.24) is 4.98 Å². The number of furan rings is 1. The van der Waals surface area contributed by atoms with Crippen molar-refractivity contribution in [3.63, 3.8) is 0 Å². The lowest BCUT2D eigenvalue weighted by atomic mass is 10.2. The summed E-state index contributed by atoms with van der Waals surface area (Å²) in [6.07, 6.45) is 2.98. The number of nitrogens with zero attached hydrogens (tertiary/aromatic N) is 1. The predicted molar refractivity (Wildman–Crippen MR) is 123 cm³/mol. The number of benzene rings is 2. The molecule has 152 valence electrons. The quantitative estimate of drug-likeness (QED) is 0.318. The standard InChI is InChI=1S/C22H16Cl2N2O3S/c1-2-28-17-3-6-18-20(12-17)30-22(25-18)26-21(27)8-5-16-4-7-19(29-16)13-9-14(23)11-15(24)10-13/h3-12H,2H2,1H3,(H,25,26,27)/b8-5+. The molecule has 0 atom stereocenters. The number of fused-ring (bicyclic) bond motifs is 1. The zero-order valence-electron chi connectivity index (χ0n) is 15.8. The monoisotopic (exact) mass is 458 g/mol. The van der Waals surface area contributed by atoms with Crippen LogP contribution in [0.4, 0.5) is 5.13 Å².